The van der Waals surface area contributed by atoms with Crippen molar-refractivity contribution < 1.29 is 0 Å². The van der Waals surface area contributed by atoms with E-state index in [4.69, 9.17) is 0 Å². The zero-order chi connectivity index (χ0) is 14.5. The van der Waals surface area contributed by atoms with E-state index in [2.05, 4.69) is 24.1 Å². The monoisotopic (exact) mass is 354 g/mol. The lowest BCUT2D eigenvalue weighted by Crippen LogP contribution is -2.31. The van der Waals surface area contributed by atoms with Crippen LogP contribution in [0.2, 0.25) is 0 Å². The van der Waals surface area contributed by atoms with Crippen LogP contribution in [0.25, 0.3) is 0 Å². The van der Waals surface area contributed by atoms with Gasteiger partial charge in [-0.05, 0) is 70.7 Å². The number of unbranched alkanes of at least 4 members (excludes halogenated alkanes) is 2. The van der Waals surface area contributed by atoms with Crippen LogP contribution in [0.15, 0.2) is 0 Å². The lowest BCUT2D eigenvalue weighted by Gasteiger charge is -2.23. The largest absolute Gasteiger partial charge is 0.316 e. The van der Waals surface area contributed by atoms with E-state index in [9.17, 15) is 0 Å². The van der Waals surface area contributed by atoms with Crippen molar-refractivity contribution in [3.63, 3.8) is 0 Å². The average molecular weight is 355 g/mol. The first-order chi connectivity index (χ1) is 9.86. The molecule has 1 aliphatic rings. The predicted octanol–water partition coefficient (Wildman–Crippen LogP) is 5.29. The van der Waals surface area contributed by atoms with Gasteiger partial charge in [-0.3, -0.25) is 0 Å². The second kappa shape index (κ2) is 17.8. The van der Waals surface area contributed by atoms with Crippen LogP contribution in [0.3, 0.4) is 0 Å². The molecule has 4 heteroatoms. The van der Waals surface area contributed by atoms with Crippen LogP contribution in [-0.2, 0) is 0 Å². The third-order valence-electron chi connectivity index (χ3n) is 4.64. The summed E-state index contributed by atoms with van der Waals surface area (Å²) >= 11 is 0. The van der Waals surface area contributed by atoms with Crippen LogP contribution in [0.4, 0.5) is 0 Å². The van der Waals surface area contributed by atoms with Crippen LogP contribution in [0.5, 0.6) is 0 Å². The molecule has 1 fully saturated rings. The summed E-state index contributed by atoms with van der Waals surface area (Å²) in [5.74, 6) is 0.972. The van der Waals surface area contributed by atoms with Gasteiger partial charge in [0.25, 0.3) is 0 Å². The first-order valence-electron chi connectivity index (χ1n) is 9.29. The van der Waals surface area contributed by atoms with Gasteiger partial charge in [0.2, 0.25) is 0 Å². The predicted molar refractivity (Wildman–Crippen MR) is 105 cm³/mol. The van der Waals surface area contributed by atoms with Gasteiger partial charge >= 0.3 is 0 Å². The summed E-state index contributed by atoms with van der Waals surface area (Å²) in [7, 11) is 0. The molecule has 0 aromatic carbocycles. The third-order valence-corrected chi connectivity index (χ3v) is 4.64. The SMILES string of the molecule is CCCCN(CCCC)CCCNCC1CCCCC1.Cl.Cl. The molecular formula is C18H40Cl2N2. The Morgan fingerprint density at radius 3 is 1.91 bits per heavy atom. The molecule has 22 heavy (non-hydrogen) atoms. The van der Waals surface area contributed by atoms with Crippen molar-refractivity contribution in [3.8, 4) is 0 Å². The summed E-state index contributed by atoms with van der Waals surface area (Å²) in [6.45, 7) is 11.0. The van der Waals surface area contributed by atoms with E-state index in [1.807, 2.05) is 0 Å². The van der Waals surface area contributed by atoms with Crippen molar-refractivity contribution in [2.24, 2.45) is 5.92 Å². The van der Waals surface area contributed by atoms with Gasteiger partial charge in [-0.15, -0.1) is 24.8 Å². The number of halogens is 2. The van der Waals surface area contributed by atoms with Crippen LogP contribution in [0, 0.1) is 5.92 Å². The van der Waals surface area contributed by atoms with Gasteiger partial charge in [-0.1, -0.05) is 46.0 Å². The van der Waals surface area contributed by atoms with Gasteiger partial charge in [-0.2, -0.15) is 0 Å². The molecule has 1 saturated carbocycles. The van der Waals surface area contributed by atoms with Crippen molar-refractivity contribution in [3.05, 3.63) is 0 Å². The molecule has 0 aromatic heterocycles. The molecule has 0 atom stereocenters. The van der Waals surface area contributed by atoms with E-state index in [0.717, 1.165) is 5.92 Å². The molecule has 0 unspecified atom stereocenters. The van der Waals surface area contributed by atoms with E-state index in [-0.39, 0.29) is 24.8 Å². The minimum atomic E-state index is 0. The second-order valence-corrected chi connectivity index (χ2v) is 6.61. The molecule has 1 N–H and O–H groups in total. The van der Waals surface area contributed by atoms with Crippen molar-refractivity contribution in [1.29, 1.82) is 0 Å². The van der Waals surface area contributed by atoms with Gasteiger partial charge < -0.3 is 10.2 Å². The molecule has 0 aromatic rings. The van der Waals surface area contributed by atoms with Crippen molar-refractivity contribution in [2.45, 2.75) is 78.1 Å². The summed E-state index contributed by atoms with van der Waals surface area (Å²) in [4.78, 5) is 2.68. The number of hydrogen-bond donors (Lipinski definition) is 1. The lowest BCUT2D eigenvalue weighted by atomic mass is 9.89. The van der Waals surface area contributed by atoms with Crippen molar-refractivity contribution in [2.75, 3.05) is 32.7 Å². The molecule has 1 rings (SSSR count). The Labute approximate surface area is 152 Å². The minimum absolute atomic E-state index is 0. The first-order valence-corrected chi connectivity index (χ1v) is 9.29. The number of hydrogen-bond acceptors (Lipinski definition) is 2. The first kappa shape index (κ1) is 24.7. The van der Waals surface area contributed by atoms with E-state index in [1.54, 1.807) is 0 Å². The second-order valence-electron chi connectivity index (χ2n) is 6.61. The molecule has 0 radical (unpaired) electrons. The number of nitrogens with one attached hydrogen (secondary N) is 1. The topological polar surface area (TPSA) is 15.3 Å². The van der Waals surface area contributed by atoms with E-state index < -0.39 is 0 Å². The lowest BCUT2D eigenvalue weighted by molar-refractivity contribution is 0.258. The summed E-state index contributed by atoms with van der Waals surface area (Å²) in [5, 5.41) is 3.70. The highest BCUT2D eigenvalue weighted by atomic mass is 35.5. The Morgan fingerprint density at radius 2 is 1.36 bits per heavy atom. The van der Waals surface area contributed by atoms with E-state index in [1.165, 1.54) is 96.9 Å². The van der Waals surface area contributed by atoms with Gasteiger partial charge in [-0.25, -0.2) is 0 Å². The summed E-state index contributed by atoms with van der Waals surface area (Å²) in [5.41, 5.74) is 0. The quantitative estimate of drug-likeness (QED) is 0.478. The Balaban J connectivity index is 0. The molecule has 0 aliphatic heterocycles. The number of nitrogens with zero attached hydrogens (tertiary/aromatic N) is 1. The molecule has 0 spiro atoms. The number of rotatable bonds is 12. The normalized spacial score (nSPS) is 15.4. The fraction of sp³-hybridized carbons (Fsp3) is 1.00. The highest BCUT2D eigenvalue weighted by Gasteiger charge is 2.12. The Kier molecular flexibility index (Phi) is 20.1. The van der Waals surface area contributed by atoms with Crippen LogP contribution in [-0.4, -0.2) is 37.6 Å². The maximum absolute atomic E-state index is 3.70. The molecule has 0 saturated heterocycles. The fourth-order valence-electron chi connectivity index (χ4n) is 3.22. The summed E-state index contributed by atoms with van der Waals surface area (Å²) < 4.78 is 0. The van der Waals surface area contributed by atoms with Gasteiger partial charge in [0.15, 0.2) is 0 Å². The standard InChI is InChI=1S/C18H38N2.2ClH/c1-3-5-14-20(15-6-4-2)16-10-13-19-17-18-11-8-7-9-12-18;;/h18-19H,3-17H2,1-2H3;2*1H. The minimum Gasteiger partial charge on any atom is -0.316 e. The molecular weight excluding hydrogens is 315 g/mol. The van der Waals surface area contributed by atoms with Crippen LogP contribution >= 0.6 is 24.8 Å². The Bertz CT molecular complexity index is 201. The van der Waals surface area contributed by atoms with E-state index in [0.29, 0.717) is 0 Å². The third kappa shape index (κ3) is 13.0. The van der Waals surface area contributed by atoms with Gasteiger partial charge in [0, 0.05) is 0 Å². The molecule has 0 bridgehead atoms. The summed E-state index contributed by atoms with van der Waals surface area (Å²) in [6, 6.07) is 0. The Morgan fingerprint density at radius 1 is 0.818 bits per heavy atom. The van der Waals surface area contributed by atoms with Crippen LogP contribution in [0.1, 0.15) is 78.1 Å². The summed E-state index contributed by atoms with van der Waals surface area (Å²) in [6.07, 6.45) is 14.0. The van der Waals surface area contributed by atoms with E-state index >= 15 is 0 Å². The zero-order valence-electron chi connectivity index (χ0n) is 14.9. The highest BCUT2D eigenvalue weighted by Crippen LogP contribution is 2.22. The molecule has 0 heterocycles. The molecule has 2 nitrogen and oxygen atoms in total. The smallest absolute Gasteiger partial charge is 0.000664 e. The molecule has 1 aliphatic carbocycles. The van der Waals surface area contributed by atoms with Crippen molar-refractivity contribution in [1.82, 2.24) is 10.2 Å². The maximum Gasteiger partial charge on any atom is -0.000664 e. The molecule has 136 valence electrons. The molecule has 0 amide bonds. The fourth-order valence-corrected chi connectivity index (χ4v) is 3.22. The Hall–Kier alpha value is 0.500. The van der Waals surface area contributed by atoms with Gasteiger partial charge in [0.05, 0.1) is 0 Å². The van der Waals surface area contributed by atoms with Crippen LogP contribution < -0.4 is 5.32 Å². The van der Waals surface area contributed by atoms with Gasteiger partial charge in [0.1, 0.15) is 0 Å². The maximum atomic E-state index is 3.70. The highest BCUT2D eigenvalue weighted by molar-refractivity contribution is 5.85. The zero-order valence-corrected chi connectivity index (χ0v) is 16.6. The average Bonchev–Trinajstić information content (AvgIpc) is 2.50. The van der Waals surface area contributed by atoms with Crippen molar-refractivity contribution >= 4 is 24.8 Å².